The highest BCUT2D eigenvalue weighted by Gasteiger charge is 2.43. The van der Waals surface area contributed by atoms with Crippen LogP contribution in [0.2, 0.25) is 0 Å². The summed E-state index contributed by atoms with van der Waals surface area (Å²) < 4.78 is 6.27. The van der Waals surface area contributed by atoms with Crippen molar-refractivity contribution >= 4 is 55.8 Å². The van der Waals surface area contributed by atoms with Crippen LogP contribution in [0.15, 0.2) is 35.7 Å². The fourth-order valence-corrected chi connectivity index (χ4v) is 7.14. The molecule has 0 spiro atoms. The molecule has 128 valence electrons. The molecule has 1 aromatic carbocycles. The van der Waals surface area contributed by atoms with E-state index in [4.69, 9.17) is 17.0 Å². The van der Waals surface area contributed by atoms with Crippen LogP contribution >= 0.6 is 44.2 Å². The van der Waals surface area contributed by atoms with Crippen LogP contribution < -0.4 is 9.64 Å². The quantitative estimate of drug-likeness (QED) is 0.377. The van der Waals surface area contributed by atoms with E-state index in [1.54, 1.807) is 27.8 Å². The third kappa shape index (κ3) is 2.49. The first-order valence-corrected chi connectivity index (χ1v) is 11.1. The van der Waals surface area contributed by atoms with Crippen molar-refractivity contribution in [3.63, 3.8) is 0 Å². The highest BCUT2D eigenvalue weighted by Crippen LogP contribution is 2.53. The molecule has 1 amide bonds. The Bertz CT molecular complexity index is 1010. The van der Waals surface area contributed by atoms with Gasteiger partial charge in [-0.2, -0.15) is 0 Å². The molecule has 0 N–H and O–H groups in total. The number of carbonyl (C=O) groups is 1. The average Bonchev–Trinajstić information content (AvgIpc) is 3.24. The van der Waals surface area contributed by atoms with Gasteiger partial charge in [0.15, 0.2) is 0 Å². The third-order valence-electron chi connectivity index (χ3n) is 4.40. The zero-order valence-corrected chi connectivity index (χ0v) is 17.1. The molecule has 1 aliphatic rings. The van der Waals surface area contributed by atoms with E-state index in [2.05, 4.69) is 13.8 Å². The molecule has 7 heteroatoms. The first-order chi connectivity index (χ1) is 11.9. The molecule has 3 heterocycles. The Morgan fingerprint density at radius 3 is 2.72 bits per heavy atom. The van der Waals surface area contributed by atoms with Crippen molar-refractivity contribution in [2.75, 3.05) is 12.0 Å². The van der Waals surface area contributed by atoms with Gasteiger partial charge in [0.05, 0.1) is 28.1 Å². The standard InChI is InChI=1S/C18H15NO2S4/c1-18(2)15-14(17(22)25-24-15)11-9-10(21-3)6-7-12(11)19(18)16(20)13-5-4-8-23-13/h4-9H,1-3H3. The summed E-state index contributed by atoms with van der Waals surface area (Å²) in [7, 11) is 4.90. The van der Waals surface area contributed by atoms with Crippen molar-refractivity contribution in [3.8, 4) is 16.9 Å². The minimum absolute atomic E-state index is 0.0152. The maximum atomic E-state index is 13.3. The second kappa shape index (κ2) is 6.02. The summed E-state index contributed by atoms with van der Waals surface area (Å²) in [5.74, 6) is 0.778. The zero-order chi connectivity index (χ0) is 17.8. The van der Waals surface area contributed by atoms with Crippen LogP contribution in [0.1, 0.15) is 28.4 Å². The number of benzene rings is 1. The van der Waals surface area contributed by atoms with E-state index in [1.165, 1.54) is 11.3 Å². The predicted octanol–water partition coefficient (Wildman–Crippen LogP) is 6.17. The molecular weight excluding hydrogens is 390 g/mol. The monoisotopic (exact) mass is 405 g/mol. The molecule has 4 rings (SSSR count). The van der Waals surface area contributed by atoms with Gasteiger partial charge in [0.2, 0.25) is 0 Å². The Morgan fingerprint density at radius 2 is 2.04 bits per heavy atom. The van der Waals surface area contributed by atoms with Gasteiger partial charge in [-0.15, -0.1) is 11.3 Å². The van der Waals surface area contributed by atoms with Crippen LogP contribution in [-0.2, 0) is 5.54 Å². The second-order valence-corrected chi connectivity index (χ2v) is 9.98. The molecule has 2 aromatic heterocycles. The number of amides is 1. The molecule has 0 atom stereocenters. The smallest absolute Gasteiger partial charge is 0.269 e. The Kier molecular flexibility index (Phi) is 4.07. The lowest BCUT2D eigenvalue weighted by Crippen LogP contribution is -2.47. The third-order valence-corrected chi connectivity index (χ3v) is 8.58. The summed E-state index contributed by atoms with van der Waals surface area (Å²) in [6, 6.07) is 9.61. The van der Waals surface area contributed by atoms with Crippen molar-refractivity contribution in [3.05, 3.63) is 49.3 Å². The summed E-state index contributed by atoms with van der Waals surface area (Å²) in [4.78, 5) is 17.1. The van der Waals surface area contributed by atoms with Crippen molar-refractivity contribution < 1.29 is 9.53 Å². The lowest BCUT2D eigenvalue weighted by Gasteiger charge is -2.42. The predicted molar refractivity (Wildman–Crippen MR) is 109 cm³/mol. The molecule has 0 aliphatic carbocycles. The number of methoxy groups -OCH3 is 1. The van der Waals surface area contributed by atoms with Crippen LogP contribution in [0, 0.1) is 3.82 Å². The topological polar surface area (TPSA) is 29.5 Å². The number of nitrogens with zero attached hydrogens (tertiary/aromatic N) is 1. The summed E-state index contributed by atoms with van der Waals surface area (Å²) in [5.41, 5.74) is 2.46. The molecule has 3 nitrogen and oxygen atoms in total. The van der Waals surface area contributed by atoms with E-state index in [0.29, 0.717) is 0 Å². The van der Waals surface area contributed by atoms with E-state index < -0.39 is 5.54 Å². The normalized spacial score (nSPS) is 14.8. The molecule has 0 bridgehead atoms. The van der Waals surface area contributed by atoms with Gasteiger partial charge in [-0.1, -0.05) is 39.0 Å². The van der Waals surface area contributed by atoms with Crippen molar-refractivity contribution in [1.29, 1.82) is 0 Å². The first kappa shape index (κ1) is 16.9. The first-order valence-electron chi connectivity index (χ1n) is 7.65. The van der Waals surface area contributed by atoms with Crippen molar-refractivity contribution in [1.82, 2.24) is 0 Å². The average molecular weight is 406 g/mol. The molecule has 0 fully saturated rings. The maximum absolute atomic E-state index is 13.3. The molecule has 0 unspecified atom stereocenters. The number of ether oxygens (including phenoxy) is 1. The number of thiophene rings is 1. The van der Waals surface area contributed by atoms with Gasteiger partial charge < -0.3 is 4.74 Å². The Hall–Kier alpha value is -1.54. The zero-order valence-electron chi connectivity index (χ0n) is 13.9. The van der Waals surface area contributed by atoms with Gasteiger partial charge in [0.1, 0.15) is 9.57 Å². The largest absolute Gasteiger partial charge is 0.497 e. The number of hydrogen-bond donors (Lipinski definition) is 0. The van der Waals surface area contributed by atoms with Gasteiger partial charge in [-0.05, 0) is 43.5 Å². The van der Waals surface area contributed by atoms with Crippen LogP contribution in [0.4, 0.5) is 5.69 Å². The van der Waals surface area contributed by atoms with Gasteiger partial charge in [0, 0.05) is 11.1 Å². The molecule has 25 heavy (non-hydrogen) atoms. The molecule has 3 aromatic rings. The lowest BCUT2D eigenvalue weighted by atomic mass is 9.87. The summed E-state index contributed by atoms with van der Waals surface area (Å²) in [5, 5.41) is 1.93. The summed E-state index contributed by atoms with van der Waals surface area (Å²) >= 11 is 7.07. The molecular formula is C18H15NO2S4. The van der Waals surface area contributed by atoms with E-state index >= 15 is 0 Å². The van der Waals surface area contributed by atoms with Crippen LogP contribution in [-0.4, -0.2) is 13.0 Å². The van der Waals surface area contributed by atoms with Crippen molar-refractivity contribution in [2.24, 2.45) is 0 Å². The second-order valence-electron chi connectivity index (χ2n) is 6.22. The Morgan fingerprint density at radius 1 is 1.24 bits per heavy atom. The van der Waals surface area contributed by atoms with Gasteiger partial charge >= 0.3 is 0 Å². The number of anilines is 1. The van der Waals surface area contributed by atoms with E-state index in [0.717, 1.165) is 36.1 Å². The van der Waals surface area contributed by atoms with Gasteiger partial charge in [-0.25, -0.2) is 0 Å². The van der Waals surface area contributed by atoms with Gasteiger partial charge in [0.25, 0.3) is 5.91 Å². The van der Waals surface area contributed by atoms with Crippen molar-refractivity contribution in [2.45, 2.75) is 19.4 Å². The van der Waals surface area contributed by atoms with Crippen LogP contribution in [0.5, 0.6) is 5.75 Å². The highest BCUT2D eigenvalue weighted by molar-refractivity contribution is 7.80. The van der Waals surface area contributed by atoms with Gasteiger partial charge in [-0.3, -0.25) is 9.69 Å². The maximum Gasteiger partial charge on any atom is 0.269 e. The Labute approximate surface area is 162 Å². The molecule has 0 saturated carbocycles. The minimum Gasteiger partial charge on any atom is -0.497 e. The number of hydrogen-bond acceptors (Lipinski definition) is 6. The number of carbonyl (C=O) groups excluding carboxylic acids is 1. The van der Waals surface area contributed by atoms with Crippen LogP contribution in [0.3, 0.4) is 0 Å². The fourth-order valence-electron chi connectivity index (χ4n) is 3.21. The van der Waals surface area contributed by atoms with E-state index in [9.17, 15) is 4.79 Å². The number of rotatable bonds is 2. The molecule has 1 aliphatic heterocycles. The Balaban J connectivity index is 2.01. The molecule has 0 saturated heterocycles. The number of fused-ring (bicyclic) bond motifs is 3. The van der Waals surface area contributed by atoms with E-state index in [-0.39, 0.29) is 5.91 Å². The summed E-state index contributed by atoms with van der Waals surface area (Å²) in [6.07, 6.45) is 0. The van der Waals surface area contributed by atoms with Crippen LogP contribution in [0.25, 0.3) is 11.1 Å². The summed E-state index contributed by atoms with van der Waals surface area (Å²) in [6.45, 7) is 4.17. The highest BCUT2D eigenvalue weighted by atomic mass is 32.9. The lowest BCUT2D eigenvalue weighted by molar-refractivity contribution is 0.0965. The minimum atomic E-state index is -0.462. The molecule has 0 radical (unpaired) electrons. The fraction of sp³-hybridized carbons (Fsp3) is 0.222. The van der Waals surface area contributed by atoms with E-state index in [1.807, 2.05) is 40.6 Å². The SMILES string of the molecule is COc1ccc2c(c1)-c1c(ssc1=S)C(C)(C)N2C(=O)c1cccs1.